The number of aromatic nitrogens is 2. The van der Waals surface area contributed by atoms with E-state index >= 15 is 0 Å². The van der Waals surface area contributed by atoms with Crippen molar-refractivity contribution >= 4 is 39.2 Å². The summed E-state index contributed by atoms with van der Waals surface area (Å²) in [6.07, 6.45) is 3.39. The summed E-state index contributed by atoms with van der Waals surface area (Å²) in [5, 5.41) is 8.12. The molecule has 1 aromatic carbocycles. The average Bonchev–Trinajstić information content (AvgIpc) is 3.25. The smallest absolute Gasteiger partial charge is 0.410 e. The Morgan fingerprint density at radius 3 is 2.84 bits per heavy atom. The minimum atomic E-state index is -0.507. The van der Waals surface area contributed by atoms with Crippen LogP contribution in [0.15, 0.2) is 35.8 Å². The molecular weight excluding hydrogens is 412 g/mol. The molecule has 1 amide bonds. The summed E-state index contributed by atoms with van der Waals surface area (Å²) in [5.41, 5.74) is 0.445. The minimum Gasteiger partial charge on any atom is -0.497 e. The third kappa shape index (κ3) is 5.07. The van der Waals surface area contributed by atoms with E-state index in [2.05, 4.69) is 16.4 Å². The molecule has 0 unspecified atom stereocenters. The van der Waals surface area contributed by atoms with E-state index in [-0.39, 0.29) is 12.0 Å². The second-order valence-electron chi connectivity index (χ2n) is 8.71. The highest BCUT2D eigenvalue weighted by molar-refractivity contribution is 7.13. The van der Waals surface area contributed by atoms with Crippen LogP contribution in [0.1, 0.15) is 45.2 Å². The third-order valence-electron chi connectivity index (χ3n) is 5.21. The van der Waals surface area contributed by atoms with Gasteiger partial charge in [-0.05, 0) is 63.3 Å². The molecule has 1 atom stereocenters. The van der Waals surface area contributed by atoms with Gasteiger partial charge in [0, 0.05) is 41.7 Å². The number of carbonyl (C=O) groups is 1. The van der Waals surface area contributed by atoms with Crippen LogP contribution in [-0.4, -0.2) is 46.8 Å². The number of amides is 1. The molecule has 0 aliphatic carbocycles. The van der Waals surface area contributed by atoms with Crippen molar-refractivity contribution in [3.8, 4) is 5.75 Å². The van der Waals surface area contributed by atoms with Crippen molar-refractivity contribution in [3.63, 3.8) is 0 Å². The SMILES string of the molecule is COc1ccc2c(Nc3nccs3)nc([C@@H]3CCCN(C(=O)OC(C)(C)C)C3)cc2c1. The predicted molar refractivity (Wildman–Crippen MR) is 123 cm³/mol. The summed E-state index contributed by atoms with van der Waals surface area (Å²) < 4.78 is 11.0. The molecule has 1 N–H and O–H groups in total. The number of nitrogens with one attached hydrogen (secondary N) is 1. The lowest BCUT2D eigenvalue weighted by Crippen LogP contribution is -2.42. The number of fused-ring (bicyclic) bond motifs is 1. The molecule has 31 heavy (non-hydrogen) atoms. The summed E-state index contributed by atoms with van der Waals surface area (Å²) in [4.78, 5) is 23.7. The topological polar surface area (TPSA) is 76.6 Å². The molecule has 4 rings (SSSR count). The van der Waals surface area contributed by atoms with Gasteiger partial charge in [0.05, 0.1) is 7.11 Å². The van der Waals surface area contributed by atoms with Crippen LogP contribution < -0.4 is 10.1 Å². The van der Waals surface area contributed by atoms with Gasteiger partial charge in [-0.1, -0.05) is 0 Å². The summed E-state index contributed by atoms with van der Waals surface area (Å²) in [6, 6.07) is 8.06. The fraction of sp³-hybridized carbons (Fsp3) is 0.435. The molecule has 8 heteroatoms. The van der Waals surface area contributed by atoms with Gasteiger partial charge >= 0.3 is 6.09 Å². The number of methoxy groups -OCH3 is 1. The van der Waals surface area contributed by atoms with Crippen LogP contribution in [0.25, 0.3) is 10.8 Å². The van der Waals surface area contributed by atoms with Crippen LogP contribution >= 0.6 is 11.3 Å². The average molecular weight is 441 g/mol. The lowest BCUT2D eigenvalue weighted by atomic mass is 9.93. The number of rotatable bonds is 4. The van der Waals surface area contributed by atoms with Gasteiger partial charge in [0.15, 0.2) is 5.13 Å². The maximum atomic E-state index is 12.6. The molecule has 0 bridgehead atoms. The summed E-state index contributed by atoms with van der Waals surface area (Å²) in [5.74, 6) is 1.69. The van der Waals surface area contributed by atoms with E-state index in [0.29, 0.717) is 13.1 Å². The maximum Gasteiger partial charge on any atom is 0.410 e. The minimum absolute atomic E-state index is 0.133. The van der Waals surface area contributed by atoms with E-state index in [1.54, 1.807) is 18.2 Å². The Kier molecular flexibility index (Phi) is 6.00. The fourth-order valence-corrected chi connectivity index (χ4v) is 4.31. The standard InChI is InChI=1S/C23H28N4O3S/c1-23(2,3)30-22(28)27-10-5-6-15(14-27)19-13-16-12-17(29-4)7-8-18(16)20(25-19)26-21-24-9-11-31-21/h7-9,11-13,15H,5-6,10,14H2,1-4H3,(H,24,25,26)/t15-/m1/s1. The Balaban J connectivity index is 1.66. The number of ether oxygens (including phenoxy) is 2. The van der Waals surface area contributed by atoms with Crippen LogP contribution in [0.2, 0.25) is 0 Å². The monoisotopic (exact) mass is 440 g/mol. The van der Waals surface area contributed by atoms with Crippen molar-refractivity contribution in [2.24, 2.45) is 0 Å². The first kappa shape index (κ1) is 21.4. The van der Waals surface area contributed by atoms with Gasteiger partial charge in [0.2, 0.25) is 0 Å². The molecule has 1 aliphatic rings. The quantitative estimate of drug-likeness (QED) is 0.572. The zero-order valence-electron chi connectivity index (χ0n) is 18.3. The van der Waals surface area contributed by atoms with Gasteiger partial charge in [-0.3, -0.25) is 0 Å². The normalized spacial score (nSPS) is 16.9. The number of thiazole rings is 1. The first-order chi connectivity index (χ1) is 14.8. The second-order valence-corrected chi connectivity index (χ2v) is 9.61. The molecule has 0 spiro atoms. The molecular formula is C23H28N4O3S. The zero-order chi connectivity index (χ0) is 22.0. The molecule has 7 nitrogen and oxygen atoms in total. The number of nitrogens with zero attached hydrogens (tertiary/aromatic N) is 3. The number of likely N-dealkylation sites (tertiary alicyclic amines) is 1. The number of carbonyl (C=O) groups excluding carboxylic acids is 1. The van der Waals surface area contributed by atoms with Gasteiger partial charge in [0.1, 0.15) is 17.2 Å². The number of hydrogen-bond donors (Lipinski definition) is 1. The summed E-state index contributed by atoms with van der Waals surface area (Å²) in [6.45, 7) is 6.97. The van der Waals surface area contributed by atoms with Crippen LogP contribution in [0.4, 0.5) is 15.7 Å². The van der Waals surface area contributed by atoms with E-state index in [4.69, 9.17) is 14.5 Å². The summed E-state index contributed by atoms with van der Waals surface area (Å²) in [7, 11) is 1.66. The van der Waals surface area contributed by atoms with E-state index in [1.165, 1.54) is 11.3 Å². The summed E-state index contributed by atoms with van der Waals surface area (Å²) >= 11 is 1.53. The number of pyridine rings is 1. The lowest BCUT2D eigenvalue weighted by Gasteiger charge is -2.34. The Labute approximate surface area is 186 Å². The van der Waals surface area contributed by atoms with Crippen molar-refractivity contribution in [1.82, 2.24) is 14.9 Å². The van der Waals surface area contributed by atoms with E-state index in [9.17, 15) is 4.79 Å². The van der Waals surface area contributed by atoms with Crippen LogP contribution in [0.3, 0.4) is 0 Å². The molecule has 3 aromatic rings. The highest BCUT2D eigenvalue weighted by atomic mass is 32.1. The highest BCUT2D eigenvalue weighted by Crippen LogP contribution is 2.34. The Morgan fingerprint density at radius 2 is 2.13 bits per heavy atom. The van der Waals surface area contributed by atoms with Crippen LogP contribution in [0, 0.1) is 0 Å². The number of hydrogen-bond acceptors (Lipinski definition) is 7. The molecule has 0 saturated carbocycles. The van der Waals surface area contributed by atoms with Crippen LogP contribution in [-0.2, 0) is 4.74 Å². The molecule has 2 aromatic heterocycles. The molecule has 1 fully saturated rings. The number of anilines is 2. The van der Waals surface area contributed by atoms with E-state index in [0.717, 1.165) is 46.0 Å². The Morgan fingerprint density at radius 1 is 1.29 bits per heavy atom. The third-order valence-corrected chi connectivity index (χ3v) is 5.90. The lowest BCUT2D eigenvalue weighted by molar-refractivity contribution is 0.0197. The van der Waals surface area contributed by atoms with E-state index in [1.807, 2.05) is 44.4 Å². The van der Waals surface area contributed by atoms with E-state index < -0.39 is 5.60 Å². The predicted octanol–water partition coefficient (Wildman–Crippen LogP) is 5.56. The maximum absolute atomic E-state index is 12.6. The van der Waals surface area contributed by atoms with Crippen molar-refractivity contribution in [1.29, 1.82) is 0 Å². The second kappa shape index (κ2) is 8.70. The first-order valence-electron chi connectivity index (χ1n) is 10.5. The molecule has 3 heterocycles. The van der Waals surface area contributed by atoms with Gasteiger partial charge in [-0.25, -0.2) is 14.8 Å². The van der Waals surface area contributed by atoms with Crippen molar-refractivity contribution in [3.05, 3.63) is 41.5 Å². The number of piperidine rings is 1. The molecule has 1 aliphatic heterocycles. The molecule has 1 saturated heterocycles. The van der Waals surface area contributed by atoms with Crippen molar-refractivity contribution < 1.29 is 14.3 Å². The zero-order valence-corrected chi connectivity index (χ0v) is 19.2. The van der Waals surface area contributed by atoms with Crippen molar-refractivity contribution in [2.75, 3.05) is 25.5 Å². The first-order valence-corrected chi connectivity index (χ1v) is 11.3. The van der Waals surface area contributed by atoms with Gasteiger partial charge in [-0.15, -0.1) is 11.3 Å². The fourth-order valence-electron chi connectivity index (χ4n) is 3.79. The van der Waals surface area contributed by atoms with Gasteiger partial charge < -0.3 is 19.7 Å². The van der Waals surface area contributed by atoms with Gasteiger partial charge in [-0.2, -0.15) is 0 Å². The molecule has 164 valence electrons. The highest BCUT2D eigenvalue weighted by Gasteiger charge is 2.29. The molecule has 0 radical (unpaired) electrons. The van der Waals surface area contributed by atoms with Crippen LogP contribution in [0.5, 0.6) is 5.75 Å². The van der Waals surface area contributed by atoms with Crippen molar-refractivity contribution in [2.45, 2.75) is 45.1 Å². The van der Waals surface area contributed by atoms with Gasteiger partial charge in [0.25, 0.3) is 0 Å². The largest absolute Gasteiger partial charge is 0.497 e. The Bertz CT molecular complexity index is 1060. The Hall–Kier alpha value is -2.87. The number of benzene rings is 1.